The maximum Gasteiger partial charge on any atom is 0.317 e. The minimum absolute atomic E-state index is 0.0233. The van der Waals surface area contributed by atoms with E-state index in [9.17, 15) is 4.79 Å². The number of aryl methyl sites for hydroxylation is 2. The lowest BCUT2D eigenvalue weighted by Crippen LogP contribution is -2.43. The fourth-order valence-electron chi connectivity index (χ4n) is 2.24. The second-order valence-corrected chi connectivity index (χ2v) is 6.38. The smallest absolute Gasteiger partial charge is 0.317 e. The highest BCUT2D eigenvalue weighted by molar-refractivity contribution is 7.11. The van der Waals surface area contributed by atoms with E-state index in [0.29, 0.717) is 19.1 Å². The van der Waals surface area contributed by atoms with Gasteiger partial charge in [0.05, 0.1) is 17.3 Å². The van der Waals surface area contributed by atoms with Gasteiger partial charge in [-0.2, -0.15) is 0 Å². The SMILES string of the molecule is CCc1nc(CCNC(=O)N(CCO)C2CC2)sc1C. The van der Waals surface area contributed by atoms with Crippen molar-refractivity contribution in [2.24, 2.45) is 0 Å². The first-order valence-corrected chi connectivity index (χ1v) is 8.07. The minimum atomic E-state index is -0.0643. The molecule has 5 nitrogen and oxygen atoms in total. The van der Waals surface area contributed by atoms with E-state index in [1.165, 1.54) is 4.88 Å². The number of nitrogens with zero attached hydrogens (tertiary/aromatic N) is 2. The lowest BCUT2D eigenvalue weighted by molar-refractivity contribution is 0.174. The molecule has 1 fully saturated rings. The van der Waals surface area contributed by atoms with E-state index in [0.717, 1.165) is 36.4 Å². The number of thiazole rings is 1. The van der Waals surface area contributed by atoms with Crippen LogP contribution in [0.1, 0.15) is 35.3 Å². The molecule has 1 aromatic heterocycles. The average molecular weight is 297 g/mol. The van der Waals surface area contributed by atoms with E-state index >= 15 is 0 Å². The molecule has 2 amide bonds. The Bertz CT molecular complexity index is 457. The zero-order valence-electron chi connectivity index (χ0n) is 12.2. The van der Waals surface area contributed by atoms with Crippen molar-refractivity contribution in [3.05, 3.63) is 15.6 Å². The molecule has 0 bridgehead atoms. The minimum Gasteiger partial charge on any atom is -0.395 e. The highest BCUT2D eigenvalue weighted by Crippen LogP contribution is 2.26. The maximum absolute atomic E-state index is 12.0. The normalized spacial score (nSPS) is 14.3. The maximum atomic E-state index is 12.0. The number of aliphatic hydroxyl groups excluding tert-OH is 1. The molecule has 1 saturated carbocycles. The van der Waals surface area contributed by atoms with Crippen molar-refractivity contribution in [2.75, 3.05) is 19.7 Å². The molecule has 2 rings (SSSR count). The summed E-state index contributed by atoms with van der Waals surface area (Å²) in [5.74, 6) is 0. The van der Waals surface area contributed by atoms with E-state index in [4.69, 9.17) is 5.11 Å². The lowest BCUT2D eigenvalue weighted by atomic mass is 10.3. The summed E-state index contributed by atoms with van der Waals surface area (Å²) in [6.07, 6.45) is 3.84. The monoisotopic (exact) mass is 297 g/mol. The third-order valence-corrected chi connectivity index (χ3v) is 4.55. The molecule has 112 valence electrons. The van der Waals surface area contributed by atoms with Crippen LogP contribution >= 0.6 is 11.3 Å². The molecule has 0 aromatic carbocycles. The van der Waals surface area contributed by atoms with Gasteiger partial charge in [0.15, 0.2) is 0 Å². The topological polar surface area (TPSA) is 65.5 Å². The van der Waals surface area contributed by atoms with Crippen molar-refractivity contribution in [2.45, 2.75) is 45.6 Å². The molecule has 1 aromatic rings. The van der Waals surface area contributed by atoms with Crippen molar-refractivity contribution >= 4 is 17.4 Å². The van der Waals surface area contributed by atoms with Gasteiger partial charge >= 0.3 is 6.03 Å². The molecule has 1 aliphatic carbocycles. The number of nitrogens with one attached hydrogen (secondary N) is 1. The number of hydrogen-bond donors (Lipinski definition) is 2. The number of rotatable bonds is 7. The summed E-state index contributed by atoms with van der Waals surface area (Å²) >= 11 is 1.71. The Kier molecular flexibility index (Phi) is 5.37. The van der Waals surface area contributed by atoms with Crippen molar-refractivity contribution < 1.29 is 9.90 Å². The molecule has 0 unspecified atom stereocenters. The first kappa shape index (κ1) is 15.3. The average Bonchev–Trinajstić information content (AvgIpc) is 3.20. The van der Waals surface area contributed by atoms with E-state index < -0.39 is 0 Å². The number of carbonyl (C=O) groups is 1. The quantitative estimate of drug-likeness (QED) is 0.805. The number of amides is 2. The van der Waals surface area contributed by atoms with Gasteiger partial charge in [0, 0.05) is 30.4 Å². The number of carbonyl (C=O) groups excluding carboxylic acids is 1. The Labute approximate surface area is 124 Å². The zero-order valence-corrected chi connectivity index (χ0v) is 13.0. The van der Waals surface area contributed by atoms with Crippen molar-refractivity contribution in [3.8, 4) is 0 Å². The molecule has 6 heteroatoms. The van der Waals surface area contributed by atoms with Gasteiger partial charge in [-0.15, -0.1) is 11.3 Å². The molecule has 0 radical (unpaired) electrons. The Morgan fingerprint density at radius 1 is 1.55 bits per heavy atom. The standard InChI is InChI=1S/C14H23N3O2S/c1-3-12-10(2)20-13(16-12)6-7-15-14(19)17(8-9-18)11-4-5-11/h11,18H,3-9H2,1-2H3,(H,15,19). The van der Waals surface area contributed by atoms with Crippen molar-refractivity contribution in [1.29, 1.82) is 0 Å². The molecule has 0 aliphatic heterocycles. The number of aromatic nitrogens is 1. The van der Waals surface area contributed by atoms with Crippen LogP contribution in [0.4, 0.5) is 4.79 Å². The molecular formula is C14H23N3O2S. The molecule has 20 heavy (non-hydrogen) atoms. The van der Waals surface area contributed by atoms with E-state index in [-0.39, 0.29) is 12.6 Å². The summed E-state index contributed by atoms with van der Waals surface area (Å²) in [4.78, 5) is 19.6. The van der Waals surface area contributed by atoms with E-state index in [1.807, 2.05) is 0 Å². The van der Waals surface area contributed by atoms with Gasteiger partial charge in [0.25, 0.3) is 0 Å². The summed E-state index contributed by atoms with van der Waals surface area (Å²) in [6.45, 7) is 5.25. The van der Waals surface area contributed by atoms with Crippen LogP contribution in [0.25, 0.3) is 0 Å². The van der Waals surface area contributed by atoms with Crippen LogP contribution in [-0.2, 0) is 12.8 Å². The van der Waals surface area contributed by atoms with Gasteiger partial charge in [-0.05, 0) is 26.2 Å². The molecule has 0 atom stereocenters. The fraction of sp³-hybridized carbons (Fsp3) is 0.714. The van der Waals surface area contributed by atoms with E-state index in [2.05, 4.69) is 24.1 Å². The Balaban J connectivity index is 1.77. The Hall–Kier alpha value is -1.14. The molecule has 2 N–H and O–H groups in total. The van der Waals surface area contributed by atoms with Crippen molar-refractivity contribution in [3.63, 3.8) is 0 Å². The highest BCUT2D eigenvalue weighted by atomic mass is 32.1. The van der Waals surface area contributed by atoms with Gasteiger partial charge in [-0.3, -0.25) is 0 Å². The van der Waals surface area contributed by atoms with Gasteiger partial charge in [0.2, 0.25) is 0 Å². The van der Waals surface area contributed by atoms with Gasteiger partial charge < -0.3 is 15.3 Å². The fourth-order valence-corrected chi connectivity index (χ4v) is 3.27. The van der Waals surface area contributed by atoms with Gasteiger partial charge in [0.1, 0.15) is 0 Å². The van der Waals surface area contributed by atoms with Crippen LogP contribution in [0.2, 0.25) is 0 Å². The molecule has 1 aliphatic rings. The van der Waals surface area contributed by atoms with Gasteiger partial charge in [-0.25, -0.2) is 9.78 Å². The van der Waals surface area contributed by atoms with Crippen LogP contribution in [-0.4, -0.2) is 46.8 Å². The Morgan fingerprint density at radius 2 is 2.30 bits per heavy atom. The Morgan fingerprint density at radius 3 is 2.85 bits per heavy atom. The molecular weight excluding hydrogens is 274 g/mol. The molecule has 1 heterocycles. The lowest BCUT2D eigenvalue weighted by Gasteiger charge is -2.21. The third-order valence-electron chi connectivity index (χ3n) is 3.48. The summed E-state index contributed by atoms with van der Waals surface area (Å²) in [5, 5.41) is 13.0. The third kappa shape index (κ3) is 3.93. The summed E-state index contributed by atoms with van der Waals surface area (Å²) < 4.78 is 0. The van der Waals surface area contributed by atoms with Crippen LogP contribution < -0.4 is 5.32 Å². The summed E-state index contributed by atoms with van der Waals surface area (Å²) in [5.41, 5.74) is 1.16. The molecule has 0 spiro atoms. The second-order valence-electron chi connectivity index (χ2n) is 5.09. The first-order chi connectivity index (χ1) is 9.65. The zero-order chi connectivity index (χ0) is 14.5. The summed E-state index contributed by atoms with van der Waals surface area (Å²) in [7, 11) is 0. The predicted octanol–water partition coefficient (Wildman–Crippen LogP) is 1.72. The van der Waals surface area contributed by atoms with E-state index in [1.54, 1.807) is 16.2 Å². The predicted molar refractivity (Wildman–Crippen MR) is 80.1 cm³/mol. The van der Waals surface area contributed by atoms with Crippen LogP contribution in [0.5, 0.6) is 0 Å². The number of hydrogen-bond acceptors (Lipinski definition) is 4. The van der Waals surface area contributed by atoms with Crippen LogP contribution in [0.3, 0.4) is 0 Å². The number of aliphatic hydroxyl groups is 1. The van der Waals surface area contributed by atoms with Crippen molar-refractivity contribution in [1.82, 2.24) is 15.2 Å². The first-order valence-electron chi connectivity index (χ1n) is 7.26. The molecule has 0 saturated heterocycles. The van der Waals surface area contributed by atoms with Gasteiger partial charge in [-0.1, -0.05) is 6.92 Å². The van der Waals surface area contributed by atoms with Crippen LogP contribution in [0.15, 0.2) is 0 Å². The second kappa shape index (κ2) is 7.04. The number of urea groups is 1. The highest BCUT2D eigenvalue weighted by Gasteiger charge is 2.31. The van der Waals surface area contributed by atoms with Crippen LogP contribution in [0, 0.1) is 6.92 Å². The summed E-state index contributed by atoms with van der Waals surface area (Å²) in [6, 6.07) is 0.265. The largest absolute Gasteiger partial charge is 0.395 e.